The summed E-state index contributed by atoms with van der Waals surface area (Å²) in [6.07, 6.45) is 3.70. The SMILES string of the molecule is CC1(C(=O)O)CCC2(CC2)O1. The predicted octanol–water partition coefficient (Wildman–Crippen LogP) is 1.17. The lowest BCUT2D eigenvalue weighted by molar-refractivity contribution is -0.163. The van der Waals surface area contributed by atoms with Crippen molar-refractivity contribution < 1.29 is 14.6 Å². The van der Waals surface area contributed by atoms with Crippen LogP contribution in [0.4, 0.5) is 0 Å². The Morgan fingerprint density at radius 3 is 2.18 bits per heavy atom. The molecule has 1 heterocycles. The largest absolute Gasteiger partial charge is 0.479 e. The molecule has 0 aromatic rings. The third-order valence-corrected chi connectivity index (χ3v) is 2.76. The Hall–Kier alpha value is -0.570. The molecule has 2 fully saturated rings. The molecule has 3 heteroatoms. The van der Waals surface area contributed by atoms with Crippen molar-refractivity contribution in [2.24, 2.45) is 0 Å². The minimum absolute atomic E-state index is 0.0207. The first-order chi connectivity index (χ1) is 5.06. The van der Waals surface area contributed by atoms with Gasteiger partial charge in [-0.2, -0.15) is 0 Å². The van der Waals surface area contributed by atoms with E-state index >= 15 is 0 Å². The fourth-order valence-electron chi connectivity index (χ4n) is 1.69. The van der Waals surface area contributed by atoms with Gasteiger partial charge in [0.15, 0.2) is 5.60 Å². The monoisotopic (exact) mass is 156 g/mol. The fraction of sp³-hybridized carbons (Fsp3) is 0.875. The Morgan fingerprint density at radius 2 is 1.91 bits per heavy atom. The van der Waals surface area contributed by atoms with Gasteiger partial charge in [-0.25, -0.2) is 4.79 Å². The Labute approximate surface area is 65.4 Å². The molecular formula is C8H12O3. The van der Waals surface area contributed by atoms with Crippen LogP contribution in [0.3, 0.4) is 0 Å². The Kier molecular flexibility index (Phi) is 1.15. The van der Waals surface area contributed by atoms with Crippen LogP contribution in [0.25, 0.3) is 0 Å². The van der Waals surface area contributed by atoms with Crippen molar-refractivity contribution in [1.82, 2.24) is 0 Å². The van der Waals surface area contributed by atoms with E-state index in [0.29, 0.717) is 6.42 Å². The van der Waals surface area contributed by atoms with E-state index in [0.717, 1.165) is 19.3 Å². The first-order valence-electron chi connectivity index (χ1n) is 4.00. The number of hydrogen-bond donors (Lipinski definition) is 1. The van der Waals surface area contributed by atoms with E-state index < -0.39 is 11.6 Å². The summed E-state index contributed by atoms with van der Waals surface area (Å²) in [6, 6.07) is 0. The van der Waals surface area contributed by atoms with Crippen molar-refractivity contribution in [3.8, 4) is 0 Å². The molecule has 2 aliphatic rings. The van der Waals surface area contributed by atoms with Gasteiger partial charge in [0.1, 0.15) is 0 Å². The van der Waals surface area contributed by atoms with Crippen LogP contribution in [-0.4, -0.2) is 22.3 Å². The predicted molar refractivity (Wildman–Crippen MR) is 38.3 cm³/mol. The number of carbonyl (C=O) groups is 1. The maximum absolute atomic E-state index is 10.7. The van der Waals surface area contributed by atoms with Crippen LogP contribution in [-0.2, 0) is 9.53 Å². The second-order valence-electron chi connectivity index (χ2n) is 3.82. The number of hydrogen-bond acceptors (Lipinski definition) is 2. The average Bonchev–Trinajstić information content (AvgIpc) is 2.55. The molecule has 1 aliphatic carbocycles. The van der Waals surface area contributed by atoms with Crippen LogP contribution in [0.5, 0.6) is 0 Å². The number of aliphatic carboxylic acids is 1. The molecule has 1 spiro atoms. The molecule has 0 radical (unpaired) electrons. The van der Waals surface area contributed by atoms with E-state index in [1.54, 1.807) is 6.92 Å². The van der Waals surface area contributed by atoms with Crippen LogP contribution in [0.15, 0.2) is 0 Å². The maximum atomic E-state index is 10.7. The topological polar surface area (TPSA) is 46.5 Å². The van der Waals surface area contributed by atoms with Gasteiger partial charge in [0.05, 0.1) is 5.60 Å². The summed E-state index contributed by atoms with van der Waals surface area (Å²) >= 11 is 0. The molecule has 1 saturated heterocycles. The van der Waals surface area contributed by atoms with Gasteiger partial charge in [-0.3, -0.25) is 0 Å². The summed E-state index contributed by atoms with van der Waals surface area (Å²) in [5, 5.41) is 8.81. The van der Waals surface area contributed by atoms with E-state index in [1.807, 2.05) is 0 Å². The third-order valence-electron chi connectivity index (χ3n) is 2.76. The standard InChI is InChI=1S/C8H12O3/c1-7(6(9)10)2-3-8(11-7)4-5-8/h2-5H2,1H3,(H,9,10). The number of carboxylic acid groups (broad SMARTS) is 1. The summed E-state index contributed by atoms with van der Waals surface area (Å²) in [6.45, 7) is 1.67. The zero-order chi connectivity index (χ0) is 8.11. The van der Waals surface area contributed by atoms with Gasteiger partial charge >= 0.3 is 5.97 Å². The lowest BCUT2D eigenvalue weighted by Gasteiger charge is -2.18. The Bertz CT molecular complexity index is 207. The van der Waals surface area contributed by atoms with Crippen LogP contribution >= 0.6 is 0 Å². The third kappa shape index (κ3) is 0.948. The highest BCUT2D eigenvalue weighted by atomic mass is 16.6. The zero-order valence-electron chi connectivity index (χ0n) is 6.59. The minimum Gasteiger partial charge on any atom is -0.479 e. The minimum atomic E-state index is -0.892. The summed E-state index contributed by atoms with van der Waals surface area (Å²) in [5.41, 5.74) is -0.913. The van der Waals surface area contributed by atoms with Crippen LogP contribution in [0.1, 0.15) is 32.6 Å². The Balaban J connectivity index is 2.13. The number of rotatable bonds is 1. The molecule has 1 saturated carbocycles. The van der Waals surface area contributed by atoms with Crippen LogP contribution < -0.4 is 0 Å². The van der Waals surface area contributed by atoms with Crippen molar-refractivity contribution in [1.29, 1.82) is 0 Å². The van der Waals surface area contributed by atoms with Crippen molar-refractivity contribution in [3.63, 3.8) is 0 Å². The van der Waals surface area contributed by atoms with Gasteiger partial charge in [-0.05, 0) is 32.6 Å². The second-order valence-corrected chi connectivity index (χ2v) is 3.82. The van der Waals surface area contributed by atoms with E-state index in [-0.39, 0.29) is 5.60 Å². The fourth-order valence-corrected chi connectivity index (χ4v) is 1.69. The molecular weight excluding hydrogens is 144 g/mol. The zero-order valence-corrected chi connectivity index (χ0v) is 6.59. The van der Waals surface area contributed by atoms with Crippen LogP contribution in [0.2, 0.25) is 0 Å². The van der Waals surface area contributed by atoms with Crippen molar-refractivity contribution in [2.45, 2.75) is 43.8 Å². The second kappa shape index (κ2) is 1.78. The lowest BCUT2D eigenvalue weighted by atomic mass is 10.0. The number of ether oxygens (including phenoxy) is 1. The first-order valence-corrected chi connectivity index (χ1v) is 4.00. The Morgan fingerprint density at radius 1 is 1.36 bits per heavy atom. The molecule has 1 atom stereocenters. The maximum Gasteiger partial charge on any atom is 0.335 e. The molecule has 62 valence electrons. The molecule has 3 nitrogen and oxygen atoms in total. The highest BCUT2D eigenvalue weighted by Crippen LogP contribution is 2.53. The lowest BCUT2D eigenvalue weighted by Crippen LogP contribution is -2.35. The van der Waals surface area contributed by atoms with Gasteiger partial charge in [0.25, 0.3) is 0 Å². The van der Waals surface area contributed by atoms with Gasteiger partial charge in [-0.15, -0.1) is 0 Å². The average molecular weight is 156 g/mol. The van der Waals surface area contributed by atoms with Gasteiger partial charge in [0.2, 0.25) is 0 Å². The summed E-state index contributed by atoms with van der Waals surface area (Å²) in [4.78, 5) is 10.7. The molecule has 11 heavy (non-hydrogen) atoms. The number of carboxylic acids is 1. The summed E-state index contributed by atoms with van der Waals surface area (Å²) < 4.78 is 5.51. The van der Waals surface area contributed by atoms with E-state index in [1.165, 1.54) is 0 Å². The van der Waals surface area contributed by atoms with E-state index in [4.69, 9.17) is 9.84 Å². The highest BCUT2D eigenvalue weighted by Gasteiger charge is 2.57. The smallest absolute Gasteiger partial charge is 0.335 e. The van der Waals surface area contributed by atoms with Gasteiger partial charge in [0, 0.05) is 0 Å². The molecule has 0 amide bonds. The highest BCUT2D eigenvalue weighted by molar-refractivity contribution is 5.77. The molecule has 0 bridgehead atoms. The molecule has 1 aliphatic heterocycles. The van der Waals surface area contributed by atoms with Crippen molar-refractivity contribution >= 4 is 5.97 Å². The van der Waals surface area contributed by atoms with Crippen molar-refractivity contribution in [2.75, 3.05) is 0 Å². The van der Waals surface area contributed by atoms with Gasteiger partial charge < -0.3 is 9.84 Å². The summed E-state index contributed by atoms with van der Waals surface area (Å²) in [7, 11) is 0. The van der Waals surface area contributed by atoms with Crippen LogP contribution in [0, 0.1) is 0 Å². The van der Waals surface area contributed by atoms with Crippen molar-refractivity contribution in [3.05, 3.63) is 0 Å². The molecule has 2 rings (SSSR count). The van der Waals surface area contributed by atoms with E-state index in [2.05, 4.69) is 0 Å². The van der Waals surface area contributed by atoms with Gasteiger partial charge in [-0.1, -0.05) is 0 Å². The van der Waals surface area contributed by atoms with E-state index in [9.17, 15) is 4.79 Å². The molecule has 0 aromatic heterocycles. The molecule has 1 unspecified atom stereocenters. The quantitative estimate of drug-likeness (QED) is 0.620. The summed E-state index contributed by atoms with van der Waals surface area (Å²) in [5.74, 6) is -0.818. The first kappa shape index (κ1) is 7.10. The normalized spacial score (nSPS) is 39.4. The molecule has 0 aromatic carbocycles. The molecule has 1 N–H and O–H groups in total.